The van der Waals surface area contributed by atoms with E-state index in [4.69, 9.17) is 32.7 Å². The van der Waals surface area contributed by atoms with Crippen LogP contribution in [0.1, 0.15) is 53.0 Å². The van der Waals surface area contributed by atoms with Crippen LogP contribution in [-0.4, -0.2) is 102 Å². The molecule has 3 fully saturated rings. The number of para-hydroxylation sites is 1. The van der Waals surface area contributed by atoms with Crippen LogP contribution in [0.4, 0.5) is 15.8 Å². The molecule has 7 rings (SSSR count). The second-order valence-corrected chi connectivity index (χ2v) is 14.7. The van der Waals surface area contributed by atoms with Crippen LogP contribution in [0.2, 0.25) is 10.0 Å². The third-order valence-electron chi connectivity index (χ3n) is 9.82. The van der Waals surface area contributed by atoms with Crippen LogP contribution in [0.15, 0.2) is 42.5 Å². The number of halogens is 3. The van der Waals surface area contributed by atoms with Crippen molar-refractivity contribution in [3.05, 3.63) is 75.0 Å². The number of fused-ring (bicyclic) bond motifs is 3. The van der Waals surface area contributed by atoms with Gasteiger partial charge in [0, 0.05) is 55.1 Å². The molecule has 0 spiro atoms. The van der Waals surface area contributed by atoms with Gasteiger partial charge in [0.25, 0.3) is 5.91 Å². The fraction of sp³-hybridized carbons (Fsp3) is 0.444. The van der Waals surface area contributed by atoms with Crippen molar-refractivity contribution in [1.29, 1.82) is 0 Å². The van der Waals surface area contributed by atoms with E-state index in [-0.39, 0.29) is 52.1 Å². The van der Waals surface area contributed by atoms with Gasteiger partial charge in [-0.25, -0.2) is 9.18 Å². The van der Waals surface area contributed by atoms with Crippen molar-refractivity contribution in [3.63, 3.8) is 0 Å². The number of nitrogens with zero attached hydrogens (tertiary/aromatic N) is 4. The van der Waals surface area contributed by atoms with Crippen molar-refractivity contribution in [1.82, 2.24) is 9.80 Å². The van der Waals surface area contributed by atoms with Crippen LogP contribution in [0.3, 0.4) is 0 Å². The number of ether oxygens (including phenoxy) is 2. The van der Waals surface area contributed by atoms with E-state index in [9.17, 15) is 19.8 Å². The number of carboxylic acids is 1. The summed E-state index contributed by atoms with van der Waals surface area (Å²) < 4.78 is 27.6. The highest BCUT2D eigenvalue weighted by molar-refractivity contribution is 6.40. The molecule has 260 valence electrons. The topological polar surface area (TPSA) is 106 Å². The maximum Gasteiger partial charge on any atom is 0.337 e. The van der Waals surface area contributed by atoms with E-state index in [2.05, 4.69) is 14.7 Å². The Labute approximate surface area is 294 Å². The van der Waals surface area contributed by atoms with Crippen molar-refractivity contribution in [2.75, 3.05) is 62.5 Å². The van der Waals surface area contributed by atoms with Crippen molar-refractivity contribution in [3.8, 4) is 16.9 Å². The molecule has 0 radical (unpaired) electrons. The van der Waals surface area contributed by atoms with Crippen molar-refractivity contribution in [2.24, 2.45) is 0 Å². The second-order valence-electron chi connectivity index (χ2n) is 13.9. The molecule has 3 aromatic carbocycles. The van der Waals surface area contributed by atoms with E-state index >= 15 is 4.39 Å². The molecule has 2 unspecified atom stereocenters. The van der Waals surface area contributed by atoms with Gasteiger partial charge >= 0.3 is 5.97 Å². The number of amides is 1. The Balaban J connectivity index is 1.12. The van der Waals surface area contributed by atoms with E-state index in [0.29, 0.717) is 42.3 Å². The van der Waals surface area contributed by atoms with Crippen molar-refractivity contribution in [2.45, 2.75) is 50.9 Å². The molecule has 4 heterocycles. The van der Waals surface area contributed by atoms with Crippen molar-refractivity contribution >= 4 is 46.5 Å². The zero-order valence-corrected chi connectivity index (χ0v) is 28.9. The molecule has 2 bridgehead atoms. The molecule has 10 nitrogen and oxygen atoms in total. The van der Waals surface area contributed by atoms with Gasteiger partial charge in [0.2, 0.25) is 0 Å². The minimum absolute atomic E-state index is 0.0260. The van der Waals surface area contributed by atoms with Gasteiger partial charge in [0.05, 0.1) is 64.3 Å². The fourth-order valence-electron chi connectivity index (χ4n) is 7.61. The maximum atomic E-state index is 15.7. The SMILES string of the molecule is CC(C)(O)CN1CCN(c2cc(Cl)c(C(=O)N3COc4c(cccc4-c4cc(N5C6CCC5COC6)c(C(=O)O)cc4F)C3)c(Cl)c2)CC1. The summed E-state index contributed by atoms with van der Waals surface area (Å²) in [6.45, 7) is 8.23. The van der Waals surface area contributed by atoms with Crippen molar-refractivity contribution < 1.29 is 33.7 Å². The molecule has 1 amide bonds. The van der Waals surface area contributed by atoms with Gasteiger partial charge in [0.1, 0.15) is 11.6 Å². The van der Waals surface area contributed by atoms with Gasteiger partial charge in [-0.3, -0.25) is 9.69 Å². The summed E-state index contributed by atoms with van der Waals surface area (Å²) in [5.41, 5.74) is 1.97. The molecule has 13 heteroatoms. The Kier molecular flexibility index (Phi) is 9.16. The number of carboxylic acid groups (broad SMARTS) is 1. The average molecular weight is 714 g/mol. The summed E-state index contributed by atoms with van der Waals surface area (Å²) in [6, 6.07) is 11.6. The Morgan fingerprint density at radius 1 is 0.980 bits per heavy atom. The number of aliphatic hydroxyl groups is 1. The molecule has 4 aliphatic rings. The number of carbonyl (C=O) groups is 2. The zero-order chi connectivity index (χ0) is 34.6. The van der Waals surface area contributed by atoms with Crippen LogP contribution in [0.5, 0.6) is 5.75 Å². The van der Waals surface area contributed by atoms with E-state index in [1.54, 1.807) is 44.2 Å². The van der Waals surface area contributed by atoms with Gasteiger partial charge < -0.3 is 34.4 Å². The van der Waals surface area contributed by atoms with Gasteiger partial charge in [0.15, 0.2) is 6.73 Å². The minimum atomic E-state index is -1.19. The summed E-state index contributed by atoms with van der Waals surface area (Å²) in [4.78, 5) is 34.0. The smallest absolute Gasteiger partial charge is 0.337 e. The maximum absolute atomic E-state index is 15.7. The number of benzene rings is 3. The molecule has 0 aliphatic carbocycles. The minimum Gasteiger partial charge on any atom is -0.478 e. The van der Waals surface area contributed by atoms with Gasteiger partial charge in [-0.15, -0.1) is 0 Å². The lowest BCUT2D eigenvalue weighted by Crippen LogP contribution is -2.50. The number of β-amino-alcohol motifs (C(OH)–C–C–N with tert-alkyl or cyclic N) is 1. The second kappa shape index (κ2) is 13.3. The Morgan fingerprint density at radius 3 is 2.29 bits per heavy atom. The quantitative estimate of drug-likeness (QED) is 0.317. The zero-order valence-electron chi connectivity index (χ0n) is 27.4. The molecule has 2 atom stereocenters. The van der Waals surface area contributed by atoms with Gasteiger partial charge in [-0.2, -0.15) is 0 Å². The Bertz CT molecular complexity index is 1750. The van der Waals surface area contributed by atoms with Crippen LogP contribution in [-0.2, 0) is 11.3 Å². The Morgan fingerprint density at radius 2 is 1.65 bits per heavy atom. The number of rotatable bonds is 7. The lowest BCUT2D eigenvalue weighted by molar-refractivity contribution is 0.0345. The summed E-state index contributed by atoms with van der Waals surface area (Å²) in [5.74, 6) is -1.83. The van der Waals surface area contributed by atoms with E-state index in [1.165, 1.54) is 4.90 Å². The predicted octanol–water partition coefficient (Wildman–Crippen LogP) is 5.75. The summed E-state index contributed by atoms with van der Waals surface area (Å²) in [5, 5.41) is 20.6. The number of anilines is 2. The molecule has 2 N–H and O–H groups in total. The summed E-state index contributed by atoms with van der Waals surface area (Å²) in [6.07, 6.45) is 1.75. The number of morpholine rings is 1. The number of hydrogen-bond donors (Lipinski definition) is 2. The standard InChI is InChI=1S/C36H39Cl2FN4O6/c1-36(2,47)19-40-8-10-41(11-9-40)24-12-28(37)32(29(38)13-24)34(44)42-16-21-4-3-5-25(33(21)49-20-42)26-15-31(27(35(45)46)14-30(26)39)43-22-6-7-23(43)18-48-17-22/h3-5,12-15,22-23,47H,6-11,16-20H2,1-2H3,(H,45,46). The first-order chi connectivity index (χ1) is 23.4. The summed E-state index contributed by atoms with van der Waals surface area (Å²) in [7, 11) is 0. The van der Waals surface area contributed by atoms with Crippen LogP contribution < -0.4 is 14.5 Å². The third-order valence-corrected chi connectivity index (χ3v) is 10.4. The fourth-order valence-corrected chi connectivity index (χ4v) is 8.24. The average Bonchev–Trinajstić information content (AvgIpc) is 3.30. The summed E-state index contributed by atoms with van der Waals surface area (Å²) >= 11 is 13.4. The monoisotopic (exact) mass is 712 g/mol. The van der Waals surface area contributed by atoms with Crippen LogP contribution in [0.25, 0.3) is 11.1 Å². The largest absolute Gasteiger partial charge is 0.478 e. The number of piperazine rings is 1. The number of hydrogen-bond acceptors (Lipinski definition) is 8. The molecule has 3 saturated heterocycles. The number of carbonyl (C=O) groups excluding carboxylic acids is 1. The highest BCUT2D eigenvalue weighted by Gasteiger charge is 2.40. The van der Waals surface area contributed by atoms with E-state index < -0.39 is 23.3 Å². The molecule has 0 saturated carbocycles. The van der Waals surface area contributed by atoms with Crippen LogP contribution in [0, 0.1) is 5.82 Å². The van der Waals surface area contributed by atoms with Gasteiger partial charge in [-0.1, -0.05) is 41.4 Å². The van der Waals surface area contributed by atoms with Gasteiger partial charge in [-0.05, 0) is 51.0 Å². The molecular formula is C36H39Cl2FN4O6. The first kappa shape index (κ1) is 33.9. The molecule has 0 aromatic heterocycles. The van der Waals surface area contributed by atoms with Crippen LogP contribution >= 0.6 is 23.2 Å². The first-order valence-corrected chi connectivity index (χ1v) is 17.3. The van der Waals surface area contributed by atoms with E-state index in [1.807, 2.05) is 6.07 Å². The number of aromatic carboxylic acids is 1. The predicted molar refractivity (Wildman–Crippen MR) is 186 cm³/mol. The highest BCUT2D eigenvalue weighted by Crippen LogP contribution is 2.43. The molecule has 3 aromatic rings. The molecule has 4 aliphatic heterocycles. The highest BCUT2D eigenvalue weighted by atomic mass is 35.5. The first-order valence-electron chi connectivity index (χ1n) is 16.5. The van der Waals surface area contributed by atoms with E-state index in [0.717, 1.165) is 50.8 Å². The Hall–Kier alpha value is -3.61. The third kappa shape index (κ3) is 6.67. The molecule has 49 heavy (non-hydrogen) atoms. The lowest BCUT2D eigenvalue weighted by atomic mass is 9.96. The lowest BCUT2D eigenvalue weighted by Gasteiger charge is -2.38. The normalized spacial score (nSPS) is 21.1. The molecular weight excluding hydrogens is 674 g/mol.